The van der Waals surface area contributed by atoms with E-state index in [1.165, 1.54) is 16.8 Å². The lowest BCUT2D eigenvalue weighted by Crippen LogP contribution is -2.00. The molecule has 1 heterocycles. The van der Waals surface area contributed by atoms with E-state index in [0.717, 1.165) is 18.5 Å². The van der Waals surface area contributed by atoms with Crippen LogP contribution < -0.4 is 5.73 Å². The van der Waals surface area contributed by atoms with Gasteiger partial charge in [-0.1, -0.05) is 28.4 Å². The number of rotatable bonds is 4. The van der Waals surface area contributed by atoms with E-state index in [-0.39, 0.29) is 10.0 Å². The van der Waals surface area contributed by atoms with E-state index in [9.17, 15) is 4.39 Å². The normalized spacial score (nSPS) is 10.9. The fourth-order valence-corrected chi connectivity index (χ4v) is 1.97. The number of nitrogens with zero attached hydrogens (tertiary/aromatic N) is 3. The minimum absolute atomic E-state index is 0.0449. The third kappa shape index (κ3) is 2.80. The molecule has 0 bridgehead atoms. The molecule has 7 heteroatoms. The zero-order chi connectivity index (χ0) is 13.1. The maximum Gasteiger partial charge on any atom is 0.160 e. The van der Waals surface area contributed by atoms with Gasteiger partial charge in [0.1, 0.15) is 0 Å². The Hall–Kier alpha value is -1.17. The molecule has 18 heavy (non-hydrogen) atoms. The third-order valence-electron chi connectivity index (χ3n) is 2.41. The number of aromatic nitrogens is 3. The van der Waals surface area contributed by atoms with Crippen LogP contribution in [0.4, 0.5) is 4.39 Å². The molecule has 0 fully saturated rings. The number of hydrogen-bond donors (Lipinski definition) is 1. The first-order valence-corrected chi connectivity index (χ1v) is 6.13. The predicted molar refractivity (Wildman–Crippen MR) is 68.7 cm³/mol. The SMILES string of the molecule is NCCCc1cn(-c2cc(Cl)c(F)c(Cl)c2)nn1. The number of benzene rings is 1. The molecule has 0 unspecified atom stereocenters. The molecule has 0 amide bonds. The monoisotopic (exact) mass is 288 g/mol. The molecule has 2 aromatic rings. The summed E-state index contributed by atoms with van der Waals surface area (Å²) in [5, 5.41) is 7.84. The van der Waals surface area contributed by atoms with Crippen LogP contribution in [0.25, 0.3) is 5.69 Å². The van der Waals surface area contributed by atoms with Crippen LogP contribution in [0.5, 0.6) is 0 Å². The summed E-state index contributed by atoms with van der Waals surface area (Å²) in [6, 6.07) is 2.90. The van der Waals surface area contributed by atoms with Gasteiger partial charge < -0.3 is 5.73 Å². The van der Waals surface area contributed by atoms with Crippen molar-refractivity contribution in [1.82, 2.24) is 15.0 Å². The molecule has 0 spiro atoms. The molecule has 2 N–H and O–H groups in total. The van der Waals surface area contributed by atoms with Crippen LogP contribution in [-0.4, -0.2) is 21.5 Å². The quantitative estimate of drug-likeness (QED) is 0.880. The van der Waals surface area contributed by atoms with Gasteiger partial charge in [-0.05, 0) is 31.5 Å². The van der Waals surface area contributed by atoms with Crippen LogP contribution in [0.15, 0.2) is 18.3 Å². The van der Waals surface area contributed by atoms with Crippen LogP contribution in [0.1, 0.15) is 12.1 Å². The first-order chi connectivity index (χ1) is 8.61. The first kappa shape index (κ1) is 13.3. The van der Waals surface area contributed by atoms with Crippen LogP contribution >= 0.6 is 23.2 Å². The van der Waals surface area contributed by atoms with Gasteiger partial charge in [0.05, 0.1) is 27.6 Å². The van der Waals surface area contributed by atoms with Crippen molar-refractivity contribution in [2.75, 3.05) is 6.54 Å². The van der Waals surface area contributed by atoms with E-state index in [4.69, 9.17) is 28.9 Å². The largest absolute Gasteiger partial charge is 0.330 e. The maximum atomic E-state index is 13.3. The standard InChI is InChI=1S/C11H11Cl2FN4/c12-9-4-8(5-10(13)11(9)14)18-6-7(16-17-18)2-1-3-15/h4-6H,1-3,15H2. The summed E-state index contributed by atoms with van der Waals surface area (Å²) in [5.74, 6) is -0.634. The molecule has 0 aliphatic carbocycles. The lowest BCUT2D eigenvalue weighted by Gasteiger charge is -2.03. The van der Waals surface area contributed by atoms with Gasteiger partial charge in [0, 0.05) is 0 Å². The molecule has 96 valence electrons. The number of aryl methyl sites for hydroxylation is 1. The Kier molecular flexibility index (Phi) is 4.16. The summed E-state index contributed by atoms with van der Waals surface area (Å²) < 4.78 is 14.8. The summed E-state index contributed by atoms with van der Waals surface area (Å²) in [5.41, 5.74) is 6.80. The summed E-state index contributed by atoms with van der Waals surface area (Å²) in [4.78, 5) is 0. The topological polar surface area (TPSA) is 56.7 Å². The second kappa shape index (κ2) is 5.65. The lowest BCUT2D eigenvalue weighted by molar-refractivity contribution is 0.627. The second-order valence-corrected chi connectivity index (χ2v) is 4.58. The molecule has 0 saturated carbocycles. The van der Waals surface area contributed by atoms with E-state index in [1.807, 2.05) is 0 Å². The Bertz CT molecular complexity index is 533. The van der Waals surface area contributed by atoms with Gasteiger partial charge in [0.25, 0.3) is 0 Å². The Morgan fingerprint density at radius 1 is 1.28 bits per heavy atom. The maximum absolute atomic E-state index is 13.3. The van der Waals surface area contributed by atoms with E-state index >= 15 is 0 Å². The van der Waals surface area contributed by atoms with Crippen LogP contribution in [0.3, 0.4) is 0 Å². The molecule has 0 atom stereocenters. The smallest absolute Gasteiger partial charge is 0.160 e. The predicted octanol–water partition coefficient (Wildman–Crippen LogP) is 2.60. The molecular formula is C11H11Cl2FN4. The molecule has 1 aromatic heterocycles. The van der Waals surface area contributed by atoms with E-state index in [1.54, 1.807) is 6.20 Å². The van der Waals surface area contributed by atoms with Crippen molar-refractivity contribution in [3.05, 3.63) is 39.9 Å². The lowest BCUT2D eigenvalue weighted by atomic mass is 10.2. The van der Waals surface area contributed by atoms with Crippen LogP contribution in [0.2, 0.25) is 10.0 Å². The molecule has 2 rings (SSSR count). The highest BCUT2D eigenvalue weighted by Gasteiger charge is 2.10. The molecule has 1 aromatic carbocycles. The molecule has 0 radical (unpaired) electrons. The number of hydrogen-bond acceptors (Lipinski definition) is 3. The van der Waals surface area contributed by atoms with Gasteiger partial charge in [-0.3, -0.25) is 0 Å². The highest BCUT2D eigenvalue weighted by Crippen LogP contribution is 2.26. The van der Waals surface area contributed by atoms with Crippen molar-refractivity contribution in [1.29, 1.82) is 0 Å². The van der Waals surface area contributed by atoms with Gasteiger partial charge in [0.2, 0.25) is 0 Å². The Morgan fingerprint density at radius 3 is 2.56 bits per heavy atom. The summed E-state index contributed by atoms with van der Waals surface area (Å²) in [6.45, 7) is 0.598. The van der Waals surface area contributed by atoms with Crippen LogP contribution in [0, 0.1) is 5.82 Å². The average Bonchev–Trinajstić information content (AvgIpc) is 2.81. The molecule has 0 aliphatic heterocycles. The average molecular weight is 289 g/mol. The van der Waals surface area contributed by atoms with Gasteiger partial charge in [-0.2, -0.15) is 0 Å². The van der Waals surface area contributed by atoms with Crippen molar-refractivity contribution >= 4 is 23.2 Å². The van der Waals surface area contributed by atoms with E-state index in [0.29, 0.717) is 12.2 Å². The minimum Gasteiger partial charge on any atom is -0.330 e. The zero-order valence-corrected chi connectivity index (χ0v) is 10.9. The number of nitrogens with two attached hydrogens (primary N) is 1. The first-order valence-electron chi connectivity index (χ1n) is 5.38. The molecule has 0 saturated heterocycles. The van der Waals surface area contributed by atoms with Crippen molar-refractivity contribution in [3.63, 3.8) is 0 Å². The Labute approximate surface area is 113 Å². The van der Waals surface area contributed by atoms with Crippen LogP contribution in [-0.2, 0) is 6.42 Å². The van der Waals surface area contributed by atoms with Crippen molar-refractivity contribution in [3.8, 4) is 5.69 Å². The van der Waals surface area contributed by atoms with Crippen molar-refractivity contribution < 1.29 is 4.39 Å². The summed E-state index contributed by atoms with van der Waals surface area (Å²) in [7, 11) is 0. The Morgan fingerprint density at radius 2 is 1.94 bits per heavy atom. The van der Waals surface area contributed by atoms with Gasteiger partial charge in [0.15, 0.2) is 5.82 Å². The van der Waals surface area contributed by atoms with Gasteiger partial charge in [-0.15, -0.1) is 5.10 Å². The highest BCUT2D eigenvalue weighted by atomic mass is 35.5. The highest BCUT2D eigenvalue weighted by molar-refractivity contribution is 6.35. The van der Waals surface area contributed by atoms with E-state index in [2.05, 4.69) is 10.3 Å². The molecular weight excluding hydrogens is 278 g/mol. The van der Waals surface area contributed by atoms with Crippen molar-refractivity contribution in [2.24, 2.45) is 5.73 Å². The van der Waals surface area contributed by atoms with Gasteiger partial charge in [-0.25, -0.2) is 9.07 Å². The zero-order valence-electron chi connectivity index (χ0n) is 9.41. The Balaban J connectivity index is 2.28. The molecule has 0 aliphatic rings. The fourth-order valence-electron chi connectivity index (χ4n) is 1.50. The third-order valence-corrected chi connectivity index (χ3v) is 2.96. The summed E-state index contributed by atoms with van der Waals surface area (Å²) in [6.07, 6.45) is 3.33. The van der Waals surface area contributed by atoms with Gasteiger partial charge >= 0.3 is 0 Å². The molecule has 4 nitrogen and oxygen atoms in total. The fraction of sp³-hybridized carbons (Fsp3) is 0.273. The second-order valence-electron chi connectivity index (χ2n) is 3.77. The number of halogens is 3. The van der Waals surface area contributed by atoms with Crippen molar-refractivity contribution in [2.45, 2.75) is 12.8 Å². The minimum atomic E-state index is -0.634. The summed E-state index contributed by atoms with van der Waals surface area (Å²) >= 11 is 11.4. The van der Waals surface area contributed by atoms with E-state index < -0.39 is 5.82 Å².